The zero-order valence-electron chi connectivity index (χ0n) is 11.1. The average Bonchev–Trinajstić information content (AvgIpc) is 2.45. The summed E-state index contributed by atoms with van der Waals surface area (Å²) < 4.78 is 45.7. The van der Waals surface area contributed by atoms with Crippen molar-refractivity contribution in [1.82, 2.24) is 4.98 Å². The zero-order chi connectivity index (χ0) is 16.3. The van der Waals surface area contributed by atoms with Crippen molar-refractivity contribution < 1.29 is 27.4 Å². The number of carbonyl (C=O) groups is 1. The molecule has 0 aliphatic carbocycles. The maximum atomic E-state index is 12.4. The second-order valence-corrected chi connectivity index (χ2v) is 4.50. The number of nitrogens with zero attached hydrogens (tertiary/aromatic N) is 1. The predicted molar refractivity (Wildman–Crippen MR) is 72.7 cm³/mol. The summed E-state index contributed by atoms with van der Waals surface area (Å²) in [6.45, 7) is 0. The molecule has 0 aliphatic heterocycles. The van der Waals surface area contributed by atoms with Crippen molar-refractivity contribution in [3.8, 4) is 16.9 Å². The van der Waals surface area contributed by atoms with E-state index < -0.39 is 18.1 Å². The lowest BCUT2D eigenvalue weighted by molar-refractivity contribution is -0.274. The summed E-state index contributed by atoms with van der Waals surface area (Å²) in [6.07, 6.45) is -3.60. The SMILES string of the molecule is COC(=O)c1ncc(-c2ccccc2OC(F)(F)F)cc1Cl. The van der Waals surface area contributed by atoms with Crippen LogP contribution in [0.3, 0.4) is 0 Å². The van der Waals surface area contributed by atoms with E-state index in [4.69, 9.17) is 11.6 Å². The van der Waals surface area contributed by atoms with Crippen LogP contribution in [-0.2, 0) is 4.74 Å². The first-order valence-electron chi connectivity index (χ1n) is 5.91. The minimum absolute atomic E-state index is 0.0360. The van der Waals surface area contributed by atoms with Gasteiger partial charge in [-0.1, -0.05) is 29.8 Å². The Balaban J connectivity index is 2.45. The smallest absolute Gasteiger partial charge is 0.464 e. The van der Waals surface area contributed by atoms with Gasteiger partial charge in [-0.05, 0) is 12.1 Å². The van der Waals surface area contributed by atoms with Crippen LogP contribution in [0.4, 0.5) is 13.2 Å². The number of rotatable bonds is 3. The molecule has 0 unspecified atom stereocenters. The second kappa shape index (κ2) is 6.23. The Labute approximate surface area is 128 Å². The van der Waals surface area contributed by atoms with Crippen LogP contribution in [0.2, 0.25) is 5.02 Å². The van der Waals surface area contributed by atoms with Crippen LogP contribution in [-0.4, -0.2) is 24.4 Å². The lowest BCUT2D eigenvalue weighted by atomic mass is 10.1. The largest absolute Gasteiger partial charge is 0.573 e. The molecule has 0 atom stereocenters. The van der Waals surface area contributed by atoms with E-state index in [1.165, 1.54) is 37.6 Å². The first-order chi connectivity index (χ1) is 10.3. The quantitative estimate of drug-likeness (QED) is 0.795. The molecule has 8 heteroatoms. The maximum Gasteiger partial charge on any atom is 0.573 e. The number of carbonyl (C=O) groups excluding carboxylic acids is 1. The molecule has 2 rings (SSSR count). The van der Waals surface area contributed by atoms with Crippen LogP contribution < -0.4 is 4.74 Å². The van der Waals surface area contributed by atoms with E-state index in [-0.39, 0.29) is 21.8 Å². The minimum Gasteiger partial charge on any atom is -0.464 e. The molecule has 0 spiro atoms. The van der Waals surface area contributed by atoms with Crippen LogP contribution in [0, 0.1) is 0 Å². The average molecular weight is 332 g/mol. The highest BCUT2D eigenvalue weighted by Crippen LogP contribution is 2.34. The monoisotopic (exact) mass is 331 g/mol. The number of pyridine rings is 1. The van der Waals surface area contributed by atoms with Crippen molar-refractivity contribution in [2.24, 2.45) is 0 Å². The van der Waals surface area contributed by atoms with Gasteiger partial charge in [0.1, 0.15) is 5.75 Å². The molecule has 0 aliphatic rings. The third kappa shape index (κ3) is 3.67. The van der Waals surface area contributed by atoms with Crippen LogP contribution in [0.25, 0.3) is 11.1 Å². The fourth-order valence-corrected chi connectivity index (χ4v) is 1.99. The normalized spacial score (nSPS) is 11.1. The molecule has 0 amide bonds. The highest BCUT2D eigenvalue weighted by Gasteiger charge is 2.32. The molecule has 116 valence electrons. The van der Waals surface area contributed by atoms with E-state index in [2.05, 4.69) is 14.5 Å². The fraction of sp³-hybridized carbons (Fsp3) is 0.143. The molecule has 1 heterocycles. The Morgan fingerprint density at radius 1 is 1.27 bits per heavy atom. The third-order valence-electron chi connectivity index (χ3n) is 2.64. The standard InChI is InChI=1S/C14H9ClF3NO3/c1-21-13(20)12-10(15)6-8(7-19-12)9-4-2-3-5-11(9)22-14(16,17)18/h2-7H,1H3. The van der Waals surface area contributed by atoms with Gasteiger partial charge in [-0.3, -0.25) is 0 Å². The van der Waals surface area contributed by atoms with E-state index in [0.29, 0.717) is 0 Å². The van der Waals surface area contributed by atoms with Crippen molar-refractivity contribution in [3.05, 3.63) is 47.2 Å². The molecule has 0 saturated carbocycles. The van der Waals surface area contributed by atoms with E-state index in [1.807, 2.05) is 0 Å². The van der Waals surface area contributed by atoms with Gasteiger partial charge in [0.25, 0.3) is 0 Å². The number of hydrogen-bond acceptors (Lipinski definition) is 4. The molecule has 0 saturated heterocycles. The van der Waals surface area contributed by atoms with Crippen molar-refractivity contribution in [2.75, 3.05) is 7.11 Å². The van der Waals surface area contributed by atoms with Gasteiger partial charge in [0.15, 0.2) is 5.69 Å². The van der Waals surface area contributed by atoms with Gasteiger partial charge in [0.2, 0.25) is 0 Å². The number of methoxy groups -OCH3 is 1. The molecule has 1 aromatic carbocycles. The molecule has 0 bridgehead atoms. The number of hydrogen-bond donors (Lipinski definition) is 0. The molecule has 0 fully saturated rings. The Morgan fingerprint density at radius 2 is 1.95 bits per heavy atom. The first kappa shape index (κ1) is 16.1. The predicted octanol–water partition coefficient (Wildman–Crippen LogP) is 4.09. The highest BCUT2D eigenvalue weighted by atomic mass is 35.5. The summed E-state index contributed by atoms with van der Waals surface area (Å²) in [7, 11) is 1.17. The van der Waals surface area contributed by atoms with E-state index in [1.54, 1.807) is 6.07 Å². The highest BCUT2D eigenvalue weighted by molar-refractivity contribution is 6.33. The number of ether oxygens (including phenoxy) is 2. The van der Waals surface area contributed by atoms with E-state index in [0.717, 1.165) is 0 Å². The summed E-state index contributed by atoms with van der Waals surface area (Å²) in [5.74, 6) is -1.13. The Morgan fingerprint density at radius 3 is 2.55 bits per heavy atom. The van der Waals surface area contributed by atoms with Gasteiger partial charge >= 0.3 is 12.3 Å². The van der Waals surface area contributed by atoms with Crippen molar-refractivity contribution in [2.45, 2.75) is 6.36 Å². The number of alkyl halides is 3. The summed E-state index contributed by atoms with van der Waals surface area (Å²) in [5.41, 5.74) is 0.297. The van der Waals surface area contributed by atoms with Gasteiger partial charge in [0, 0.05) is 17.3 Å². The van der Waals surface area contributed by atoms with Crippen molar-refractivity contribution in [3.63, 3.8) is 0 Å². The van der Waals surface area contributed by atoms with E-state index >= 15 is 0 Å². The number of aromatic nitrogens is 1. The number of para-hydroxylation sites is 1. The third-order valence-corrected chi connectivity index (χ3v) is 2.93. The molecule has 4 nitrogen and oxygen atoms in total. The summed E-state index contributed by atoms with van der Waals surface area (Å²) in [4.78, 5) is 15.2. The lowest BCUT2D eigenvalue weighted by Crippen LogP contribution is -2.17. The van der Waals surface area contributed by atoms with Gasteiger partial charge in [-0.15, -0.1) is 13.2 Å². The molecule has 0 radical (unpaired) electrons. The van der Waals surface area contributed by atoms with Crippen LogP contribution in [0.1, 0.15) is 10.5 Å². The Bertz CT molecular complexity index is 704. The lowest BCUT2D eigenvalue weighted by Gasteiger charge is -2.13. The van der Waals surface area contributed by atoms with Gasteiger partial charge in [-0.2, -0.15) is 0 Å². The Hall–Kier alpha value is -2.28. The molecular formula is C14H9ClF3NO3. The second-order valence-electron chi connectivity index (χ2n) is 4.09. The molecule has 2 aromatic rings. The minimum atomic E-state index is -4.82. The molecule has 1 aromatic heterocycles. The van der Waals surface area contributed by atoms with E-state index in [9.17, 15) is 18.0 Å². The van der Waals surface area contributed by atoms with Crippen LogP contribution in [0.5, 0.6) is 5.75 Å². The van der Waals surface area contributed by atoms with Gasteiger partial charge < -0.3 is 9.47 Å². The summed E-state index contributed by atoms with van der Waals surface area (Å²) in [6, 6.07) is 6.86. The van der Waals surface area contributed by atoms with Crippen molar-refractivity contribution >= 4 is 17.6 Å². The maximum absolute atomic E-state index is 12.4. The number of benzene rings is 1. The van der Waals surface area contributed by atoms with Gasteiger partial charge in [-0.25, -0.2) is 9.78 Å². The fourth-order valence-electron chi connectivity index (χ4n) is 1.75. The summed E-state index contributed by atoms with van der Waals surface area (Å²) in [5, 5.41) is -0.0360. The zero-order valence-corrected chi connectivity index (χ0v) is 11.9. The first-order valence-corrected chi connectivity index (χ1v) is 6.28. The molecular weight excluding hydrogens is 323 g/mol. The summed E-state index contributed by atoms with van der Waals surface area (Å²) >= 11 is 5.91. The molecule has 0 N–H and O–H groups in total. The van der Waals surface area contributed by atoms with Crippen LogP contribution >= 0.6 is 11.6 Å². The van der Waals surface area contributed by atoms with Crippen LogP contribution in [0.15, 0.2) is 36.5 Å². The number of esters is 1. The van der Waals surface area contributed by atoms with Gasteiger partial charge in [0.05, 0.1) is 12.1 Å². The Kier molecular flexibility index (Phi) is 4.56. The van der Waals surface area contributed by atoms with Crippen molar-refractivity contribution in [1.29, 1.82) is 0 Å². The molecule has 22 heavy (non-hydrogen) atoms. The topological polar surface area (TPSA) is 48.4 Å². The number of halogens is 4.